The molecule has 2 atom stereocenters. The number of rotatable bonds is 4. The molecule has 2 aliphatic rings. The first kappa shape index (κ1) is 12.6. The van der Waals surface area contributed by atoms with Gasteiger partial charge in [-0.3, -0.25) is 0 Å². The molecule has 1 heterocycles. The van der Waals surface area contributed by atoms with Crippen LogP contribution in [0.1, 0.15) is 69.5 Å². The Balaban J connectivity index is 1.91. The molecule has 2 aliphatic carbocycles. The summed E-state index contributed by atoms with van der Waals surface area (Å²) in [4.78, 5) is 4.95. The van der Waals surface area contributed by atoms with E-state index in [1.54, 1.807) is 0 Å². The van der Waals surface area contributed by atoms with Gasteiger partial charge in [0.25, 0.3) is 0 Å². The normalized spacial score (nSPS) is 32.3. The Labute approximate surface area is 114 Å². The molecular formula is C15H24N2S. The minimum Gasteiger partial charge on any atom is -0.302 e. The maximum atomic E-state index is 4.95. The summed E-state index contributed by atoms with van der Waals surface area (Å²) in [6, 6.07) is 0.761. The van der Waals surface area contributed by atoms with Gasteiger partial charge in [-0.15, -0.1) is 11.3 Å². The van der Waals surface area contributed by atoms with Crippen molar-refractivity contribution in [1.82, 2.24) is 10.3 Å². The molecule has 1 aromatic rings. The third-order valence-corrected chi connectivity index (χ3v) is 5.62. The highest BCUT2D eigenvalue weighted by atomic mass is 32.1. The number of nitrogens with one attached hydrogen (secondary N) is 1. The molecule has 0 saturated heterocycles. The van der Waals surface area contributed by atoms with Gasteiger partial charge in [0.05, 0.1) is 11.2 Å². The zero-order valence-corrected chi connectivity index (χ0v) is 12.5. The van der Waals surface area contributed by atoms with E-state index in [2.05, 4.69) is 31.5 Å². The molecule has 0 radical (unpaired) electrons. The Hall–Kier alpha value is -0.410. The van der Waals surface area contributed by atoms with Crippen molar-refractivity contribution in [2.75, 3.05) is 0 Å². The van der Waals surface area contributed by atoms with E-state index in [0.717, 1.165) is 12.0 Å². The van der Waals surface area contributed by atoms with Gasteiger partial charge >= 0.3 is 0 Å². The highest BCUT2D eigenvalue weighted by Crippen LogP contribution is 2.46. The summed E-state index contributed by atoms with van der Waals surface area (Å²) in [6.45, 7) is 6.87. The Bertz CT molecular complexity index is 422. The van der Waals surface area contributed by atoms with E-state index in [1.165, 1.54) is 42.8 Å². The van der Waals surface area contributed by atoms with Crippen LogP contribution in [0.3, 0.4) is 0 Å². The van der Waals surface area contributed by atoms with Gasteiger partial charge in [0, 0.05) is 11.4 Å². The third-order valence-electron chi connectivity index (χ3n) is 4.58. The van der Waals surface area contributed by atoms with Gasteiger partial charge in [-0.1, -0.05) is 27.2 Å². The van der Waals surface area contributed by atoms with Crippen LogP contribution in [0.5, 0.6) is 0 Å². The van der Waals surface area contributed by atoms with E-state index < -0.39 is 0 Å². The summed E-state index contributed by atoms with van der Waals surface area (Å²) in [5.74, 6) is 1.27. The second kappa shape index (κ2) is 4.61. The van der Waals surface area contributed by atoms with Gasteiger partial charge in [-0.25, -0.2) is 4.98 Å². The first-order valence-electron chi connectivity index (χ1n) is 7.35. The van der Waals surface area contributed by atoms with E-state index in [9.17, 15) is 0 Å². The quantitative estimate of drug-likeness (QED) is 0.888. The lowest BCUT2D eigenvalue weighted by Crippen LogP contribution is -2.45. The zero-order valence-electron chi connectivity index (χ0n) is 11.7. The molecule has 3 heteroatoms. The molecule has 1 N–H and O–H groups in total. The number of hydrogen-bond acceptors (Lipinski definition) is 3. The molecule has 2 unspecified atom stereocenters. The van der Waals surface area contributed by atoms with Crippen LogP contribution in [0.25, 0.3) is 0 Å². The standard InChI is InChI=1S/C15H24N2S/c1-10(2)13-9-18-14(16-13)15(17-12-6-7-12)8-4-5-11(15)3/h9-12,17H,4-8H2,1-3H3. The molecule has 0 spiro atoms. The molecule has 1 aromatic heterocycles. The molecule has 2 saturated carbocycles. The summed E-state index contributed by atoms with van der Waals surface area (Å²) in [7, 11) is 0. The lowest BCUT2D eigenvalue weighted by Gasteiger charge is -2.33. The van der Waals surface area contributed by atoms with E-state index >= 15 is 0 Å². The van der Waals surface area contributed by atoms with Gasteiger partial charge in [-0.2, -0.15) is 0 Å². The van der Waals surface area contributed by atoms with Gasteiger partial charge < -0.3 is 5.32 Å². The molecule has 18 heavy (non-hydrogen) atoms. The predicted molar refractivity (Wildman–Crippen MR) is 77.1 cm³/mol. The molecule has 2 fully saturated rings. The van der Waals surface area contributed by atoms with Crippen LogP contribution < -0.4 is 5.32 Å². The lowest BCUT2D eigenvalue weighted by atomic mass is 9.88. The Morgan fingerprint density at radius 1 is 1.39 bits per heavy atom. The zero-order chi connectivity index (χ0) is 12.8. The van der Waals surface area contributed by atoms with Crippen LogP contribution in [-0.2, 0) is 5.54 Å². The lowest BCUT2D eigenvalue weighted by molar-refractivity contribution is 0.258. The monoisotopic (exact) mass is 264 g/mol. The van der Waals surface area contributed by atoms with Crippen LogP contribution in [0.4, 0.5) is 0 Å². The molecule has 0 amide bonds. The smallest absolute Gasteiger partial charge is 0.113 e. The van der Waals surface area contributed by atoms with E-state index in [4.69, 9.17) is 4.98 Å². The maximum Gasteiger partial charge on any atom is 0.113 e. The number of thiazole rings is 1. The van der Waals surface area contributed by atoms with Gasteiger partial charge in [0.15, 0.2) is 0 Å². The minimum atomic E-state index is 0.193. The summed E-state index contributed by atoms with van der Waals surface area (Å²) in [5, 5.41) is 7.55. The van der Waals surface area contributed by atoms with Crippen LogP contribution >= 0.6 is 11.3 Å². The molecule has 3 rings (SSSR count). The Morgan fingerprint density at radius 2 is 2.17 bits per heavy atom. The molecule has 0 bridgehead atoms. The predicted octanol–water partition coefficient (Wildman–Crippen LogP) is 4.03. The van der Waals surface area contributed by atoms with Crippen LogP contribution in [-0.4, -0.2) is 11.0 Å². The van der Waals surface area contributed by atoms with Crippen molar-refractivity contribution in [1.29, 1.82) is 0 Å². The fraction of sp³-hybridized carbons (Fsp3) is 0.800. The third kappa shape index (κ3) is 2.12. The van der Waals surface area contributed by atoms with Gasteiger partial charge in [0.1, 0.15) is 5.01 Å². The second-order valence-corrected chi connectivity index (χ2v) is 7.27. The fourth-order valence-corrected chi connectivity index (χ4v) is 4.41. The van der Waals surface area contributed by atoms with Crippen LogP contribution in [0.2, 0.25) is 0 Å². The summed E-state index contributed by atoms with van der Waals surface area (Å²) in [5.41, 5.74) is 1.46. The molecule has 100 valence electrons. The molecule has 0 aliphatic heterocycles. The van der Waals surface area contributed by atoms with Crippen LogP contribution in [0.15, 0.2) is 5.38 Å². The van der Waals surface area contributed by atoms with Crippen molar-refractivity contribution < 1.29 is 0 Å². The first-order valence-corrected chi connectivity index (χ1v) is 8.23. The van der Waals surface area contributed by atoms with Gasteiger partial charge in [0.2, 0.25) is 0 Å². The van der Waals surface area contributed by atoms with Crippen molar-refractivity contribution in [2.45, 2.75) is 70.4 Å². The second-order valence-electron chi connectivity index (χ2n) is 6.42. The van der Waals surface area contributed by atoms with Crippen molar-refractivity contribution >= 4 is 11.3 Å². The van der Waals surface area contributed by atoms with E-state index in [0.29, 0.717) is 5.92 Å². The highest BCUT2D eigenvalue weighted by Gasteiger charge is 2.46. The van der Waals surface area contributed by atoms with E-state index in [-0.39, 0.29) is 5.54 Å². The Kier molecular flexibility index (Phi) is 3.23. The minimum absolute atomic E-state index is 0.193. The highest BCUT2D eigenvalue weighted by molar-refractivity contribution is 7.09. The number of aromatic nitrogens is 1. The van der Waals surface area contributed by atoms with Crippen molar-refractivity contribution in [3.8, 4) is 0 Å². The Morgan fingerprint density at radius 3 is 2.67 bits per heavy atom. The van der Waals surface area contributed by atoms with E-state index in [1.807, 2.05) is 11.3 Å². The molecule has 2 nitrogen and oxygen atoms in total. The maximum absolute atomic E-state index is 4.95. The average molecular weight is 264 g/mol. The van der Waals surface area contributed by atoms with Crippen LogP contribution in [0, 0.1) is 5.92 Å². The average Bonchev–Trinajstić information content (AvgIpc) is 2.87. The van der Waals surface area contributed by atoms with Crippen molar-refractivity contribution in [3.05, 3.63) is 16.1 Å². The summed E-state index contributed by atoms with van der Waals surface area (Å²) in [6.07, 6.45) is 6.68. The topological polar surface area (TPSA) is 24.9 Å². The summed E-state index contributed by atoms with van der Waals surface area (Å²) >= 11 is 1.87. The molecular weight excluding hydrogens is 240 g/mol. The van der Waals surface area contributed by atoms with Crippen molar-refractivity contribution in [3.63, 3.8) is 0 Å². The van der Waals surface area contributed by atoms with Gasteiger partial charge in [-0.05, 0) is 37.5 Å². The first-order chi connectivity index (χ1) is 8.62. The molecule has 0 aromatic carbocycles. The number of hydrogen-bond donors (Lipinski definition) is 1. The summed E-state index contributed by atoms with van der Waals surface area (Å²) < 4.78 is 0. The largest absolute Gasteiger partial charge is 0.302 e. The SMILES string of the molecule is CC(C)c1csc(C2(NC3CC3)CCCC2C)n1. The number of nitrogens with zero attached hydrogens (tertiary/aromatic N) is 1. The van der Waals surface area contributed by atoms with Crippen molar-refractivity contribution in [2.24, 2.45) is 5.92 Å². The fourth-order valence-electron chi connectivity index (χ4n) is 3.12.